The van der Waals surface area contributed by atoms with E-state index in [1.54, 1.807) is 0 Å². The van der Waals surface area contributed by atoms with Crippen molar-refractivity contribution in [1.29, 1.82) is 0 Å². The van der Waals surface area contributed by atoms with Crippen LogP contribution in [0.3, 0.4) is 0 Å². The van der Waals surface area contributed by atoms with E-state index in [-0.39, 0.29) is 10.6 Å². The maximum atomic E-state index is 15.2. The van der Waals surface area contributed by atoms with Gasteiger partial charge in [-0.25, -0.2) is 18.9 Å². The molecule has 214 valence electrons. The monoisotopic (exact) mass is 594 g/mol. The minimum absolute atomic E-state index is 0.137. The van der Waals surface area contributed by atoms with E-state index >= 15 is 4.39 Å². The summed E-state index contributed by atoms with van der Waals surface area (Å²) in [6, 6.07) is -0.124. The van der Waals surface area contributed by atoms with Crippen LogP contribution in [0, 0.1) is 5.82 Å². The van der Waals surface area contributed by atoms with Gasteiger partial charge in [0.2, 0.25) is 11.7 Å². The first-order valence-corrected chi connectivity index (χ1v) is 11.9. The molecule has 1 aliphatic heterocycles. The number of fused-ring (bicyclic) bond motifs is 1. The second-order valence-corrected chi connectivity index (χ2v) is 9.10. The number of phosphoric ester groups is 1. The van der Waals surface area contributed by atoms with E-state index in [9.17, 15) is 19.1 Å². The third kappa shape index (κ3) is 6.15. The second kappa shape index (κ2) is 11.1. The number of nitrogens with zero attached hydrogens (tertiary/aromatic N) is 4. The third-order valence-electron chi connectivity index (χ3n) is 4.75. The molecule has 3 heterocycles. The molecule has 4 rings (SSSR count). The van der Waals surface area contributed by atoms with Crippen LogP contribution in [0.1, 0.15) is 33.0 Å². The lowest BCUT2D eigenvalue weighted by Crippen LogP contribution is -2.53. The number of aromatic nitrogens is 3. The van der Waals surface area contributed by atoms with Gasteiger partial charge in [0.1, 0.15) is 12.5 Å². The molecule has 0 unspecified atom stereocenters. The first-order valence-electron chi connectivity index (χ1n) is 17.4. The molecule has 0 saturated heterocycles. The molecule has 0 bridgehead atoms. The number of carbonyl (C=O) groups is 1. The maximum Gasteiger partial charge on any atom is 0.471 e. The summed E-state index contributed by atoms with van der Waals surface area (Å²) in [4.78, 5) is 43.1. The number of halogens is 1. The molecule has 0 fully saturated rings. The van der Waals surface area contributed by atoms with E-state index in [2.05, 4.69) is 30.1 Å². The lowest BCUT2D eigenvalue weighted by molar-refractivity contribution is -0.133. The summed E-state index contributed by atoms with van der Waals surface area (Å²) in [5.74, 6) is -9.74. The Kier molecular flexibility index (Phi) is 4.30. The zero-order chi connectivity index (χ0) is 41.1. The van der Waals surface area contributed by atoms with Crippen LogP contribution in [0.4, 0.5) is 33.5 Å². The van der Waals surface area contributed by atoms with Gasteiger partial charge >= 0.3 is 7.82 Å². The standard InChI is InChI=1S/C23H26FN6O9P/c1-23(2)21(31)30(11-38-40(32,33)34)20-14(39-23)6-7-17(28-20)27-19-13(24)10-25-22(29-19)26-12-8-15(35-3)18(37-5)16(9-12)36-4/h6-10H,11H2,1-5H3,(H2,32,33,34)(H2,25,26,27,28,29)/i3D3,4D3,5D3,8D,9D,10D,11D2. The highest BCUT2D eigenvalue weighted by Gasteiger charge is 2.42. The van der Waals surface area contributed by atoms with Gasteiger partial charge in [0.05, 0.1) is 46.5 Å². The number of hydrogen-bond donors (Lipinski definition) is 4. The molecule has 4 N–H and O–H groups in total. The van der Waals surface area contributed by atoms with Crippen LogP contribution >= 0.6 is 7.82 Å². The highest BCUT2D eigenvalue weighted by Crippen LogP contribution is 2.42. The van der Waals surface area contributed by atoms with Crippen molar-refractivity contribution in [2.45, 2.75) is 19.4 Å². The quantitative estimate of drug-likeness (QED) is 0.251. The van der Waals surface area contributed by atoms with Crippen molar-refractivity contribution in [3.63, 3.8) is 0 Å². The summed E-state index contributed by atoms with van der Waals surface area (Å²) in [7, 11) is -15.9. The van der Waals surface area contributed by atoms with Gasteiger partial charge in [0, 0.05) is 17.8 Å². The molecule has 17 heteroatoms. The minimum Gasteiger partial charge on any atom is -0.493 e. The van der Waals surface area contributed by atoms with Crippen molar-refractivity contribution in [3.05, 3.63) is 36.2 Å². The molecule has 1 aromatic carbocycles. The average Bonchev–Trinajstić information content (AvgIpc) is 2.95. The van der Waals surface area contributed by atoms with Crippen molar-refractivity contribution < 1.29 is 66.2 Å². The topological polar surface area (TPSA) is 187 Å². The van der Waals surface area contributed by atoms with Gasteiger partial charge in [0.25, 0.3) is 5.91 Å². The smallest absolute Gasteiger partial charge is 0.471 e. The van der Waals surface area contributed by atoms with E-state index in [0.29, 0.717) is 0 Å². The predicted octanol–water partition coefficient (Wildman–Crippen LogP) is 3.09. The molecule has 3 aromatic rings. The number of phosphoric acid groups is 1. The van der Waals surface area contributed by atoms with Crippen molar-refractivity contribution in [2.75, 3.05) is 43.3 Å². The summed E-state index contributed by atoms with van der Waals surface area (Å²) in [6.07, 6.45) is -1.18. The van der Waals surface area contributed by atoms with E-state index in [1.807, 2.05) is 0 Å². The molecule has 0 saturated carbocycles. The second-order valence-electron chi connectivity index (χ2n) is 7.93. The number of nitrogens with one attached hydrogen (secondary N) is 2. The fourth-order valence-electron chi connectivity index (χ4n) is 3.09. The van der Waals surface area contributed by atoms with Crippen LogP contribution < -0.4 is 34.5 Å². The predicted molar refractivity (Wildman–Crippen MR) is 139 cm³/mol. The number of rotatable bonds is 10. The fourth-order valence-corrected chi connectivity index (χ4v) is 3.28. The Morgan fingerprint density at radius 1 is 1.18 bits per heavy atom. The molecular formula is C23H26FN6O9P. The van der Waals surface area contributed by atoms with Crippen molar-refractivity contribution in [3.8, 4) is 23.0 Å². The molecule has 15 nitrogen and oxygen atoms in total. The average molecular weight is 595 g/mol. The van der Waals surface area contributed by atoms with Crippen LogP contribution in [0.5, 0.6) is 23.0 Å². The number of ether oxygens (including phenoxy) is 4. The van der Waals surface area contributed by atoms with Crippen LogP contribution in [-0.2, 0) is 13.9 Å². The zero-order valence-corrected chi connectivity index (χ0v) is 20.9. The van der Waals surface area contributed by atoms with Gasteiger partial charge in [-0.2, -0.15) is 4.98 Å². The maximum absolute atomic E-state index is 15.2. The molecular weight excluding hydrogens is 554 g/mol. The highest BCUT2D eigenvalue weighted by atomic mass is 31.2. The van der Waals surface area contributed by atoms with Crippen molar-refractivity contribution in [1.82, 2.24) is 15.0 Å². The number of hydrogen-bond acceptors (Lipinski definition) is 12. The Morgan fingerprint density at radius 2 is 1.88 bits per heavy atom. The lowest BCUT2D eigenvalue weighted by atomic mass is 10.1. The SMILES string of the molecule is [2H]c1nc(Nc2c([2H])c(OC([2H])([2H])[2H])c(OC([2H])([2H])[2H])c(OC([2H])([2H])[2H])c2[2H])nc(Nc2ccc3c(n2)N(C([2H])([2H])OP(=O)(O)O)C(=O)C(C)(C)O3)c1F. The zero-order valence-electron chi connectivity index (χ0n) is 34.0. The Hall–Kier alpha value is -4.24. The van der Waals surface area contributed by atoms with E-state index in [0.717, 1.165) is 12.1 Å². The molecule has 0 spiro atoms. The summed E-state index contributed by atoms with van der Waals surface area (Å²) in [5, 5.41) is 4.52. The summed E-state index contributed by atoms with van der Waals surface area (Å²) in [6.45, 7) is -1.12. The molecule has 0 atom stereocenters. The summed E-state index contributed by atoms with van der Waals surface area (Å²) in [5.41, 5.74) is -2.74. The van der Waals surface area contributed by atoms with Crippen LogP contribution in [0.25, 0.3) is 0 Å². The third-order valence-corrected chi connectivity index (χ3v) is 5.07. The summed E-state index contributed by atoms with van der Waals surface area (Å²) >= 11 is 0. The van der Waals surface area contributed by atoms with Gasteiger partial charge in [0.15, 0.2) is 40.3 Å². The Labute approximate surface area is 247 Å². The Morgan fingerprint density at radius 3 is 2.52 bits per heavy atom. The first kappa shape index (κ1) is 15.5. The largest absolute Gasteiger partial charge is 0.493 e. The van der Waals surface area contributed by atoms with Gasteiger partial charge in [-0.05, 0) is 26.0 Å². The van der Waals surface area contributed by atoms with E-state index in [1.165, 1.54) is 13.8 Å². The molecule has 1 aliphatic rings. The van der Waals surface area contributed by atoms with Gasteiger partial charge < -0.3 is 39.4 Å². The lowest BCUT2D eigenvalue weighted by Gasteiger charge is -2.37. The van der Waals surface area contributed by atoms with Crippen LogP contribution in [0.15, 0.2) is 30.4 Å². The number of carbonyl (C=O) groups excluding carboxylic acids is 1. The molecule has 2 aromatic heterocycles. The minimum atomic E-state index is -5.57. The molecule has 0 aliphatic carbocycles. The highest BCUT2D eigenvalue weighted by molar-refractivity contribution is 7.46. The summed E-state index contributed by atoms with van der Waals surface area (Å²) < 4.78 is 159. The first-order chi connectivity index (χ1) is 24.3. The van der Waals surface area contributed by atoms with Crippen LogP contribution in [0.2, 0.25) is 0 Å². The molecule has 1 amide bonds. The Balaban J connectivity index is 1.84. The van der Waals surface area contributed by atoms with Gasteiger partial charge in [-0.1, -0.05) is 0 Å². The number of anilines is 5. The molecule has 0 radical (unpaired) electrons. The van der Waals surface area contributed by atoms with E-state index < -0.39 is 118 Å². The normalized spacial score (nSPS) is 20.6. The van der Waals surface area contributed by atoms with Crippen LogP contribution in [-0.4, -0.2) is 64.0 Å². The number of pyridine rings is 1. The number of methoxy groups -OCH3 is 3. The van der Waals surface area contributed by atoms with Gasteiger partial charge in [-0.15, -0.1) is 0 Å². The fraction of sp³-hybridized carbons (Fsp3) is 0.304. The number of amides is 1. The van der Waals surface area contributed by atoms with E-state index in [4.69, 9.17) is 38.1 Å². The van der Waals surface area contributed by atoms with Gasteiger partial charge in [-0.3, -0.25) is 14.2 Å². The number of benzene rings is 1. The molecule has 40 heavy (non-hydrogen) atoms. The van der Waals surface area contributed by atoms with Crippen molar-refractivity contribution >= 4 is 42.8 Å². The Bertz CT molecular complexity index is 1990. The van der Waals surface area contributed by atoms with Crippen molar-refractivity contribution in [2.24, 2.45) is 0 Å².